The molecule has 0 unspecified atom stereocenters. The van der Waals surface area contributed by atoms with Crippen LogP contribution in [0.25, 0.3) is 16.8 Å². The maximum Gasteiger partial charge on any atom is 0.136 e. The van der Waals surface area contributed by atoms with Gasteiger partial charge in [-0.3, -0.25) is 0 Å². The van der Waals surface area contributed by atoms with Gasteiger partial charge >= 0.3 is 0 Å². The van der Waals surface area contributed by atoms with Crippen molar-refractivity contribution in [3.63, 3.8) is 0 Å². The van der Waals surface area contributed by atoms with Crippen LogP contribution >= 0.6 is 22.9 Å². The van der Waals surface area contributed by atoms with Gasteiger partial charge in [0.1, 0.15) is 22.5 Å². The van der Waals surface area contributed by atoms with Gasteiger partial charge in [0.05, 0.1) is 5.69 Å². The number of rotatable bonds is 4. The predicted molar refractivity (Wildman–Crippen MR) is 101 cm³/mol. The Morgan fingerprint density at radius 3 is 2.72 bits per heavy atom. The third-order valence-electron chi connectivity index (χ3n) is 3.55. The Bertz CT molecular complexity index is 971. The lowest BCUT2D eigenvalue weighted by Crippen LogP contribution is -1.91. The average molecular weight is 370 g/mol. The molecule has 25 heavy (non-hydrogen) atoms. The third kappa shape index (κ3) is 4.05. The summed E-state index contributed by atoms with van der Waals surface area (Å²) in [6.07, 6.45) is 1.61. The zero-order chi connectivity index (χ0) is 17.8. The highest BCUT2D eigenvalue weighted by molar-refractivity contribution is 7.11. The normalized spacial score (nSPS) is 11.2. The summed E-state index contributed by atoms with van der Waals surface area (Å²) in [7, 11) is 0. The quantitative estimate of drug-likeness (QED) is 0.583. The number of aryl methyl sites for hydroxylation is 1. The Kier molecular flexibility index (Phi) is 5.13. The number of nitriles is 1. The number of allylic oxidation sites excluding steroid dienone is 1. The van der Waals surface area contributed by atoms with Crippen LogP contribution in [0.1, 0.15) is 10.6 Å². The monoisotopic (exact) mass is 369 g/mol. The molecule has 0 aliphatic carbocycles. The number of nitrogens with zero attached hydrogens (tertiary/aromatic N) is 2. The van der Waals surface area contributed by atoms with Gasteiger partial charge in [-0.2, -0.15) is 5.26 Å². The molecule has 0 amide bonds. The van der Waals surface area contributed by atoms with E-state index in [-0.39, 0.29) is 5.82 Å². The van der Waals surface area contributed by atoms with Gasteiger partial charge in [0, 0.05) is 27.9 Å². The second-order valence-corrected chi connectivity index (χ2v) is 6.59. The van der Waals surface area contributed by atoms with Crippen molar-refractivity contribution in [2.24, 2.45) is 0 Å². The highest BCUT2D eigenvalue weighted by Crippen LogP contribution is 2.26. The number of hydrogen-bond donors (Lipinski definition) is 1. The van der Waals surface area contributed by atoms with Crippen LogP contribution in [0.4, 0.5) is 10.1 Å². The summed E-state index contributed by atoms with van der Waals surface area (Å²) in [4.78, 5) is 4.46. The molecule has 0 aliphatic heterocycles. The van der Waals surface area contributed by atoms with Crippen LogP contribution in [-0.2, 0) is 0 Å². The Balaban J connectivity index is 1.82. The molecule has 3 aromatic rings. The van der Waals surface area contributed by atoms with E-state index in [9.17, 15) is 9.65 Å². The molecule has 0 fully saturated rings. The van der Waals surface area contributed by atoms with Gasteiger partial charge in [-0.25, -0.2) is 9.37 Å². The first-order valence-corrected chi connectivity index (χ1v) is 8.67. The number of halogens is 2. The molecular weight excluding hydrogens is 357 g/mol. The maximum atomic E-state index is 13.0. The maximum absolute atomic E-state index is 13.0. The van der Waals surface area contributed by atoms with Crippen LogP contribution in [0.2, 0.25) is 5.02 Å². The second kappa shape index (κ2) is 7.47. The molecular formula is C19H13ClFN3S. The van der Waals surface area contributed by atoms with Gasteiger partial charge in [-0.1, -0.05) is 17.7 Å². The standard InChI is InChI=1S/C19H13ClFN3S/c1-12-2-7-16(8-17(12)20)23-10-14(9-22)19-24-18(11-25-19)13-3-5-15(21)6-4-13/h2-8,10-11,23H,1H3. The van der Waals surface area contributed by atoms with Gasteiger partial charge < -0.3 is 5.32 Å². The van der Waals surface area contributed by atoms with Crippen LogP contribution in [-0.4, -0.2) is 4.98 Å². The molecule has 6 heteroatoms. The number of benzene rings is 2. The molecule has 0 spiro atoms. The lowest BCUT2D eigenvalue weighted by molar-refractivity contribution is 0.628. The van der Waals surface area contributed by atoms with Crippen LogP contribution < -0.4 is 5.32 Å². The fourth-order valence-electron chi connectivity index (χ4n) is 2.13. The van der Waals surface area contributed by atoms with Crippen LogP contribution in [0, 0.1) is 24.1 Å². The van der Waals surface area contributed by atoms with Crippen molar-refractivity contribution in [1.82, 2.24) is 4.98 Å². The molecule has 0 atom stereocenters. The van der Waals surface area contributed by atoms with E-state index in [4.69, 9.17) is 11.6 Å². The van der Waals surface area contributed by atoms with Crippen molar-refractivity contribution in [3.05, 3.63) is 75.5 Å². The molecule has 3 nitrogen and oxygen atoms in total. The third-order valence-corrected chi connectivity index (χ3v) is 4.83. The van der Waals surface area contributed by atoms with Crippen LogP contribution in [0.5, 0.6) is 0 Å². The van der Waals surface area contributed by atoms with Crippen molar-refractivity contribution in [2.75, 3.05) is 5.32 Å². The molecule has 2 aromatic carbocycles. The van der Waals surface area contributed by atoms with Crippen molar-refractivity contribution in [1.29, 1.82) is 5.26 Å². The molecule has 3 rings (SSSR count). The summed E-state index contributed by atoms with van der Waals surface area (Å²) in [6.45, 7) is 1.93. The van der Waals surface area contributed by atoms with E-state index in [0.717, 1.165) is 16.8 Å². The molecule has 0 saturated heterocycles. The van der Waals surface area contributed by atoms with Gasteiger partial charge in [-0.05, 0) is 48.9 Å². The zero-order valence-electron chi connectivity index (χ0n) is 13.3. The zero-order valence-corrected chi connectivity index (χ0v) is 14.8. The topological polar surface area (TPSA) is 48.7 Å². The first-order valence-electron chi connectivity index (χ1n) is 7.41. The van der Waals surface area contributed by atoms with Crippen LogP contribution in [0.3, 0.4) is 0 Å². The van der Waals surface area contributed by atoms with E-state index in [0.29, 0.717) is 21.3 Å². The van der Waals surface area contributed by atoms with Crippen molar-refractivity contribution in [3.8, 4) is 17.3 Å². The van der Waals surface area contributed by atoms with Crippen LogP contribution in [0.15, 0.2) is 54.0 Å². The Hall–Kier alpha value is -2.68. The molecule has 0 saturated carbocycles. The number of aromatic nitrogens is 1. The summed E-state index contributed by atoms with van der Waals surface area (Å²) in [5.41, 5.74) is 3.70. The average Bonchev–Trinajstić information content (AvgIpc) is 3.09. The molecule has 0 aliphatic rings. The van der Waals surface area contributed by atoms with Gasteiger partial charge in [0.25, 0.3) is 0 Å². The lowest BCUT2D eigenvalue weighted by atomic mass is 10.2. The molecule has 0 radical (unpaired) electrons. The largest absolute Gasteiger partial charge is 0.360 e. The van der Waals surface area contributed by atoms with E-state index < -0.39 is 0 Å². The SMILES string of the molecule is Cc1ccc(NC=C(C#N)c2nc(-c3ccc(F)cc3)cs2)cc1Cl. The summed E-state index contributed by atoms with van der Waals surface area (Å²) in [6, 6.07) is 13.8. The Morgan fingerprint density at radius 1 is 1.28 bits per heavy atom. The molecule has 1 heterocycles. The van der Waals surface area contributed by atoms with Gasteiger partial charge in [0.2, 0.25) is 0 Å². The highest BCUT2D eigenvalue weighted by atomic mass is 35.5. The summed E-state index contributed by atoms with van der Waals surface area (Å²) >= 11 is 7.46. The molecule has 0 bridgehead atoms. The van der Waals surface area contributed by atoms with Crippen molar-refractivity contribution in [2.45, 2.75) is 6.92 Å². The number of nitrogens with one attached hydrogen (secondary N) is 1. The second-order valence-electron chi connectivity index (χ2n) is 5.32. The summed E-state index contributed by atoms with van der Waals surface area (Å²) in [5.74, 6) is -0.294. The minimum atomic E-state index is -0.294. The molecule has 1 aromatic heterocycles. The van der Waals surface area contributed by atoms with Crippen molar-refractivity contribution >= 4 is 34.2 Å². The molecule has 124 valence electrons. The highest BCUT2D eigenvalue weighted by Gasteiger charge is 2.09. The van der Waals surface area contributed by atoms with Gasteiger partial charge in [0.15, 0.2) is 0 Å². The predicted octanol–water partition coefficient (Wildman–Crippen LogP) is 5.89. The fourth-order valence-corrected chi connectivity index (χ4v) is 3.11. The van der Waals surface area contributed by atoms with E-state index in [2.05, 4.69) is 16.4 Å². The van der Waals surface area contributed by atoms with E-state index in [1.807, 2.05) is 24.4 Å². The summed E-state index contributed by atoms with van der Waals surface area (Å²) < 4.78 is 13.0. The fraction of sp³-hybridized carbons (Fsp3) is 0.0526. The molecule has 1 N–H and O–H groups in total. The summed E-state index contributed by atoms with van der Waals surface area (Å²) in [5, 5.41) is 15.6. The minimum absolute atomic E-state index is 0.294. The lowest BCUT2D eigenvalue weighted by Gasteiger charge is -2.04. The Labute approximate surface area is 154 Å². The van der Waals surface area contributed by atoms with E-state index in [1.54, 1.807) is 24.4 Å². The minimum Gasteiger partial charge on any atom is -0.360 e. The number of anilines is 1. The van der Waals surface area contributed by atoms with E-state index >= 15 is 0 Å². The Morgan fingerprint density at radius 2 is 2.04 bits per heavy atom. The van der Waals surface area contributed by atoms with Crippen molar-refractivity contribution < 1.29 is 4.39 Å². The first-order chi connectivity index (χ1) is 12.1. The van der Waals surface area contributed by atoms with Gasteiger partial charge in [-0.15, -0.1) is 11.3 Å². The number of hydrogen-bond acceptors (Lipinski definition) is 4. The van der Waals surface area contributed by atoms with E-state index in [1.165, 1.54) is 23.5 Å². The first kappa shape index (κ1) is 17.2. The smallest absolute Gasteiger partial charge is 0.136 e. The number of thiazole rings is 1.